The first-order valence-electron chi connectivity index (χ1n) is 4.66. The maximum atomic E-state index is 11.2. The van der Waals surface area contributed by atoms with Crippen LogP contribution in [0, 0.1) is 0 Å². The van der Waals surface area contributed by atoms with E-state index in [-0.39, 0.29) is 17.7 Å². The van der Waals surface area contributed by atoms with Crippen molar-refractivity contribution in [1.29, 1.82) is 0 Å². The van der Waals surface area contributed by atoms with Crippen molar-refractivity contribution in [3.63, 3.8) is 0 Å². The Balaban J connectivity index is 2.48. The zero-order valence-electron chi connectivity index (χ0n) is 8.30. The van der Waals surface area contributed by atoms with Gasteiger partial charge in [-0.3, -0.25) is 4.79 Å². The van der Waals surface area contributed by atoms with Crippen LogP contribution in [0.15, 0.2) is 45.8 Å². The van der Waals surface area contributed by atoms with Crippen molar-refractivity contribution >= 4 is 15.9 Å². The van der Waals surface area contributed by atoms with Gasteiger partial charge >= 0.3 is 0 Å². The molecule has 16 heavy (non-hydrogen) atoms. The smallest absolute Gasteiger partial charge is 0.205 e. The van der Waals surface area contributed by atoms with E-state index >= 15 is 0 Å². The fraction of sp³-hybridized carbons (Fsp3) is 0.0909. The van der Waals surface area contributed by atoms with E-state index in [9.17, 15) is 4.79 Å². The summed E-state index contributed by atoms with van der Waals surface area (Å²) in [6.45, 7) is -0.351. The van der Waals surface area contributed by atoms with Crippen LogP contribution in [0.5, 0.6) is 0 Å². The second-order valence-electron chi connectivity index (χ2n) is 3.21. The van der Waals surface area contributed by atoms with E-state index in [1.165, 1.54) is 6.07 Å². The van der Waals surface area contributed by atoms with Gasteiger partial charge in [0.15, 0.2) is 0 Å². The molecule has 0 aliphatic rings. The van der Waals surface area contributed by atoms with Crippen LogP contribution in [0.4, 0.5) is 0 Å². The van der Waals surface area contributed by atoms with Crippen LogP contribution in [0.1, 0.15) is 5.69 Å². The Kier molecular flexibility index (Phi) is 3.17. The van der Waals surface area contributed by atoms with Gasteiger partial charge in [-0.15, -0.1) is 0 Å². The maximum Gasteiger partial charge on any atom is 0.205 e. The minimum atomic E-state index is -0.351. The predicted molar refractivity (Wildman–Crippen MR) is 63.5 cm³/mol. The van der Waals surface area contributed by atoms with Crippen LogP contribution in [0.3, 0.4) is 0 Å². The molecule has 0 bridgehead atoms. The number of rotatable bonds is 2. The molecule has 82 valence electrons. The molecule has 5 heteroatoms. The van der Waals surface area contributed by atoms with Gasteiger partial charge in [0.1, 0.15) is 5.69 Å². The van der Waals surface area contributed by atoms with Crippen LogP contribution in [0.25, 0.3) is 5.69 Å². The van der Waals surface area contributed by atoms with E-state index in [0.29, 0.717) is 0 Å². The quantitative estimate of drug-likeness (QED) is 0.907. The van der Waals surface area contributed by atoms with Crippen LogP contribution in [-0.4, -0.2) is 14.9 Å². The normalized spacial score (nSPS) is 10.4. The van der Waals surface area contributed by atoms with Gasteiger partial charge in [0, 0.05) is 16.7 Å². The van der Waals surface area contributed by atoms with Gasteiger partial charge in [-0.25, -0.2) is 4.68 Å². The molecule has 4 nitrogen and oxygen atoms in total. The monoisotopic (exact) mass is 280 g/mol. The summed E-state index contributed by atoms with van der Waals surface area (Å²) in [5.74, 6) is 0. The van der Waals surface area contributed by atoms with E-state index in [0.717, 1.165) is 10.2 Å². The van der Waals surface area contributed by atoms with Gasteiger partial charge in [0.2, 0.25) is 5.43 Å². The molecule has 0 amide bonds. The molecular weight excluding hydrogens is 272 g/mol. The average Bonchev–Trinajstić information content (AvgIpc) is 2.31. The summed E-state index contributed by atoms with van der Waals surface area (Å²) in [6.07, 6.45) is 1.57. The third-order valence-corrected chi connectivity index (χ3v) is 2.65. The molecule has 0 saturated carbocycles. The van der Waals surface area contributed by atoms with E-state index in [2.05, 4.69) is 21.0 Å². The first-order chi connectivity index (χ1) is 7.70. The molecule has 1 aromatic carbocycles. The Hall–Kier alpha value is -1.46. The summed E-state index contributed by atoms with van der Waals surface area (Å²) in [7, 11) is 0. The van der Waals surface area contributed by atoms with E-state index in [1.54, 1.807) is 10.9 Å². The third kappa shape index (κ3) is 2.20. The number of aromatic nitrogens is 2. The molecule has 2 rings (SSSR count). The van der Waals surface area contributed by atoms with E-state index < -0.39 is 0 Å². The number of nitrogens with zero attached hydrogens (tertiary/aromatic N) is 2. The molecule has 0 radical (unpaired) electrons. The van der Waals surface area contributed by atoms with Crippen molar-refractivity contribution in [2.24, 2.45) is 0 Å². The van der Waals surface area contributed by atoms with Crippen molar-refractivity contribution in [2.75, 3.05) is 0 Å². The van der Waals surface area contributed by atoms with Crippen LogP contribution < -0.4 is 5.43 Å². The largest absolute Gasteiger partial charge is 0.390 e. The number of hydrogen-bond acceptors (Lipinski definition) is 3. The summed E-state index contributed by atoms with van der Waals surface area (Å²) < 4.78 is 2.53. The molecule has 2 aromatic rings. The summed E-state index contributed by atoms with van der Waals surface area (Å²) >= 11 is 3.34. The van der Waals surface area contributed by atoms with Crippen molar-refractivity contribution in [3.8, 4) is 5.69 Å². The molecule has 0 fully saturated rings. The summed E-state index contributed by atoms with van der Waals surface area (Å²) in [4.78, 5) is 11.2. The molecular formula is C11H9BrN2O2. The zero-order chi connectivity index (χ0) is 11.5. The Labute approximate surface area is 100 Å². The Bertz CT molecular complexity index is 549. The molecule has 0 unspecified atom stereocenters. The number of benzene rings is 1. The molecule has 1 heterocycles. The summed E-state index contributed by atoms with van der Waals surface area (Å²) in [6, 6.07) is 8.88. The highest BCUT2D eigenvalue weighted by Gasteiger charge is 2.01. The Morgan fingerprint density at radius 1 is 1.25 bits per heavy atom. The topological polar surface area (TPSA) is 55.1 Å². The maximum absolute atomic E-state index is 11.2. The molecule has 1 aromatic heterocycles. The summed E-state index contributed by atoms with van der Waals surface area (Å²) in [5, 5.41) is 13.0. The van der Waals surface area contributed by atoms with Crippen LogP contribution >= 0.6 is 15.9 Å². The number of halogens is 1. The second kappa shape index (κ2) is 4.59. The van der Waals surface area contributed by atoms with Gasteiger partial charge in [-0.05, 0) is 24.3 Å². The van der Waals surface area contributed by atoms with Gasteiger partial charge in [-0.1, -0.05) is 15.9 Å². The third-order valence-electron chi connectivity index (χ3n) is 2.12. The Morgan fingerprint density at radius 3 is 2.56 bits per heavy atom. The predicted octanol–water partition coefficient (Wildman–Crippen LogP) is 1.49. The lowest BCUT2D eigenvalue weighted by molar-refractivity contribution is 0.273. The van der Waals surface area contributed by atoms with Crippen molar-refractivity contribution < 1.29 is 5.11 Å². The molecule has 0 aliphatic heterocycles. The van der Waals surface area contributed by atoms with Crippen molar-refractivity contribution in [1.82, 2.24) is 9.78 Å². The molecule has 0 saturated heterocycles. The lowest BCUT2D eigenvalue weighted by Crippen LogP contribution is -2.15. The standard InChI is InChI=1S/C11H9BrN2O2/c12-8-1-3-9(4-2-8)14-6-5-11(16)10(7-15)13-14/h1-6,15H,7H2. The molecule has 1 N–H and O–H groups in total. The lowest BCUT2D eigenvalue weighted by Gasteiger charge is -2.05. The van der Waals surface area contributed by atoms with Gasteiger partial charge in [0.05, 0.1) is 12.3 Å². The van der Waals surface area contributed by atoms with Crippen LogP contribution in [-0.2, 0) is 6.61 Å². The SMILES string of the molecule is O=c1ccn(-c2ccc(Br)cc2)nc1CO. The number of hydrogen-bond donors (Lipinski definition) is 1. The molecule has 0 spiro atoms. The fourth-order valence-corrected chi connectivity index (χ4v) is 1.56. The first kappa shape index (κ1) is 11.0. The van der Waals surface area contributed by atoms with Gasteiger partial charge in [0.25, 0.3) is 0 Å². The average molecular weight is 281 g/mol. The second-order valence-corrected chi connectivity index (χ2v) is 4.12. The number of aliphatic hydroxyl groups is 1. The van der Waals surface area contributed by atoms with E-state index in [4.69, 9.17) is 5.11 Å². The van der Waals surface area contributed by atoms with Gasteiger partial charge in [-0.2, -0.15) is 5.10 Å². The minimum Gasteiger partial charge on any atom is -0.390 e. The lowest BCUT2D eigenvalue weighted by atomic mass is 10.3. The minimum absolute atomic E-state index is 0.144. The van der Waals surface area contributed by atoms with Crippen LogP contribution in [0.2, 0.25) is 0 Å². The molecule has 0 atom stereocenters. The Morgan fingerprint density at radius 2 is 1.94 bits per heavy atom. The van der Waals surface area contributed by atoms with Gasteiger partial charge < -0.3 is 5.11 Å². The molecule has 0 aliphatic carbocycles. The fourth-order valence-electron chi connectivity index (χ4n) is 1.29. The van der Waals surface area contributed by atoms with Crippen molar-refractivity contribution in [3.05, 3.63) is 56.9 Å². The summed E-state index contributed by atoms with van der Waals surface area (Å²) in [5.41, 5.74) is 0.721. The highest BCUT2D eigenvalue weighted by Crippen LogP contribution is 2.12. The zero-order valence-corrected chi connectivity index (χ0v) is 9.89. The van der Waals surface area contributed by atoms with Crippen molar-refractivity contribution in [2.45, 2.75) is 6.61 Å². The highest BCUT2D eigenvalue weighted by atomic mass is 79.9. The van der Waals surface area contributed by atoms with E-state index in [1.807, 2.05) is 24.3 Å². The number of aliphatic hydroxyl groups excluding tert-OH is 1. The highest BCUT2D eigenvalue weighted by molar-refractivity contribution is 9.10. The first-order valence-corrected chi connectivity index (χ1v) is 5.45.